The fourth-order valence-corrected chi connectivity index (χ4v) is 1.23. The summed E-state index contributed by atoms with van der Waals surface area (Å²) in [4.78, 5) is 11.2. The van der Waals surface area contributed by atoms with E-state index in [0.717, 1.165) is 12.8 Å². The first-order chi connectivity index (χ1) is 7.22. The van der Waals surface area contributed by atoms with Crippen LogP contribution in [0, 0.1) is 0 Å². The maximum atomic E-state index is 11.2. The van der Waals surface area contributed by atoms with Crippen molar-refractivity contribution >= 4 is 5.97 Å². The Morgan fingerprint density at radius 2 is 1.93 bits per heavy atom. The van der Waals surface area contributed by atoms with Crippen LogP contribution in [0.25, 0.3) is 0 Å². The van der Waals surface area contributed by atoms with Gasteiger partial charge in [-0.1, -0.05) is 32.6 Å². The Morgan fingerprint density at radius 1 is 1.27 bits per heavy atom. The van der Waals surface area contributed by atoms with Gasteiger partial charge in [0.2, 0.25) is 0 Å². The van der Waals surface area contributed by atoms with Crippen molar-refractivity contribution in [3.05, 3.63) is 0 Å². The predicted molar refractivity (Wildman–Crippen MR) is 59.6 cm³/mol. The van der Waals surface area contributed by atoms with E-state index in [4.69, 9.17) is 15.2 Å². The van der Waals surface area contributed by atoms with E-state index in [9.17, 15) is 4.79 Å². The minimum absolute atomic E-state index is 0.217. The molecule has 90 valence electrons. The number of esters is 1. The second-order valence-electron chi connectivity index (χ2n) is 3.64. The number of hydrogen-bond acceptors (Lipinski definition) is 4. The Hall–Kier alpha value is -0.610. The Kier molecular flexibility index (Phi) is 9.52. The first-order valence-corrected chi connectivity index (χ1v) is 5.63. The number of ether oxygens (including phenoxy) is 2. The van der Waals surface area contributed by atoms with Crippen LogP contribution < -0.4 is 5.73 Å². The van der Waals surface area contributed by atoms with Crippen LogP contribution in [-0.2, 0) is 14.3 Å². The summed E-state index contributed by atoms with van der Waals surface area (Å²) in [6.45, 7) is 2.86. The van der Waals surface area contributed by atoms with Crippen LogP contribution in [0.3, 0.4) is 0 Å². The van der Waals surface area contributed by atoms with Gasteiger partial charge in [-0.2, -0.15) is 0 Å². The van der Waals surface area contributed by atoms with Crippen molar-refractivity contribution in [2.24, 2.45) is 5.73 Å². The minimum Gasteiger partial charge on any atom is -0.464 e. The normalized spacial score (nSPS) is 12.5. The topological polar surface area (TPSA) is 61.5 Å². The molecule has 0 aromatic carbocycles. The standard InChI is InChI=1S/C11H23NO3/c1-3-4-5-6-7-8-15-11(13)10(12)9-14-2/h10H,3-9,12H2,1-2H3. The molecule has 0 aliphatic rings. The lowest BCUT2D eigenvalue weighted by atomic mass is 10.2. The SMILES string of the molecule is CCCCCCCOC(=O)C(N)COC. The van der Waals surface area contributed by atoms with Crippen molar-refractivity contribution in [1.29, 1.82) is 0 Å². The fraction of sp³-hybridized carbons (Fsp3) is 0.909. The van der Waals surface area contributed by atoms with E-state index in [1.165, 1.54) is 26.4 Å². The number of nitrogens with two attached hydrogens (primary N) is 1. The molecule has 1 atom stereocenters. The molecule has 0 aliphatic heterocycles. The average Bonchev–Trinajstić information content (AvgIpc) is 2.23. The van der Waals surface area contributed by atoms with Gasteiger partial charge in [-0.25, -0.2) is 0 Å². The third kappa shape index (κ3) is 8.39. The summed E-state index contributed by atoms with van der Waals surface area (Å²) in [5.74, 6) is -0.368. The molecule has 0 spiro atoms. The summed E-state index contributed by atoms with van der Waals surface area (Å²) in [6.07, 6.45) is 5.71. The first-order valence-electron chi connectivity index (χ1n) is 5.63. The molecular weight excluding hydrogens is 194 g/mol. The summed E-state index contributed by atoms with van der Waals surface area (Å²) in [5, 5.41) is 0. The van der Waals surface area contributed by atoms with Gasteiger partial charge in [-0.15, -0.1) is 0 Å². The van der Waals surface area contributed by atoms with Gasteiger partial charge in [0.05, 0.1) is 13.2 Å². The molecule has 0 aromatic rings. The monoisotopic (exact) mass is 217 g/mol. The molecule has 4 heteroatoms. The highest BCUT2D eigenvalue weighted by Gasteiger charge is 2.13. The van der Waals surface area contributed by atoms with Gasteiger partial charge in [0.15, 0.2) is 0 Å². The molecule has 0 aliphatic carbocycles. The maximum absolute atomic E-state index is 11.2. The first kappa shape index (κ1) is 14.4. The molecule has 0 saturated carbocycles. The zero-order valence-corrected chi connectivity index (χ0v) is 9.83. The predicted octanol–water partition coefficient (Wildman–Crippen LogP) is 1.47. The summed E-state index contributed by atoms with van der Waals surface area (Å²) in [7, 11) is 1.51. The van der Waals surface area contributed by atoms with E-state index in [2.05, 4.69) is 6.92 Å². The molecule has 0 radical (unpaired) electrons. The van der Waals surface area contributed by atoms with Crippen molar-refractivity contribution in [3.8, 4) is 0 Å². The second kappa shape index (κ2) is 9.93. The zero-order chi connectivity index (χ0) is 11.5. The molecule has 0 bridgehead atoms. The van der Waals surface area contributed by atoms with Crippen molar-refractivity contribution in [2.45, 2.75) is 45.1 Å². The molecule has 2 N–H and O–H groups in total. The molecule has 0 amide bonds. The minimum atomic E-state index is -0.648. The van der Waals surface area contributed by atoms with Crippen molar-refractivity contribution < 1.29 is 14.3 Å². The second-order valence-corrected chi connectivity index (χ2v) is 3.64. The summed E-state index contributed by atoms with van der Waals surface area (Å²) in [5.41, 5.74) is 5.49. The third-order valence-electron chi connectivity index (χ3n) is 2.14. The molecule has 0 saturated heterocycles. The van der Waals surface area contributed by atoms with Crippen LogP contribution >= 0.6 is 0 Å². The zero-order valence-electron chi connectivity index (χ0n) is 9.83. The summed E-state index contributed by atoms with van der Waals surface area (Å²) in [6, 6.07) is -0.648. The van der Waals surface area contributed by atoms with Crippen LogP contribution in [0.15, 0.2) is 0 Å². The molecule has 0 rings (SSSR count). The fourth-order valence-electron chi connectivity index (χ4n) is 1.23. The van der Waals surface area contributed by atoms with Gasteiger partial charge in [0, 0.05) is 7.11 Å². The Bertz CT molecular complexity index is 162. The Labute approximate surface area is 92.1 Å². The number of hydrogen-bond donors (Lipinski definition) is 1. The number of carbonyl (C=O) groups is 1. The summed E-state index contributed by atoms with van der Waals surface area (Å²) >= 11 is 0. The third-order valence-corrected chi connectivity index (χ3v) is 2.14. The van der Waals surface area contributed by atoms with Crippen molar-refractivity contribution in [3.63, 3.8) is 0 Å². The Morgan fingerprint density at radius 3 is 2.53 bits per heavy atom. The largest absolute Gasteiger partial charge is 0.464 e. The highest BCUT2D eigenvalue weighted by Crippen LogP contribution is 2.02. The van der Waals surface area contributed by atoms with Crippen molar-refractivity contribution in [2.75, 3.05) is 20.3 Å². The van der Waals surface area contributed by atoms with E-state index in [0.29, 0.717) is 6.61 Å². The number of methoxy groups -OCH3 is 1. The highest BCUT2D eigenvalue weighted by molar-refractivity contribution is 5.75. The molecule has 0 heterocycles. The van der Waals surface area contributed by atoms with Gasteiger partial charge in [-0.05, 0) is 6.42 Å². The quantitative estimate of drug-likeness (QED) is 0.469. The van der Waals surface area contributed by atoms with E-state index in [-0.39, 0.29) is 12.6 Å². The van der Waals surface area contributed by atoms with Gasteiger partial charge < -0.3 is 15.2 Å². The molecule has 4 nitrogen and oxygen atoms in total. The van der Waals surface area contributed by atoms with Crippen LogP contribution in [0.1, 0.15) is 39.0 Å². The number of unbranched alkanes of at least 4 members (excludes halogenated alkanes) is 4. The van der Waals surface area contributed by atoms with Gasteiger partial charge in [0.25, 0.3) is 0 Å². The smallest absolute Gasteiger partial charge is 0.325 e. The van der Waals surface area contributed by atoms with Gasteiger partial charge >= 0.3 is 5.97 Å². The number of carbonyl (C=O) groups excluding carboxylic acids is 1. The molecular formula is C11H23NO3. The Balaban J connectivity index is 3.30. The summed E-state index contributed by atoms with van der Waals surface area (Å²) < 4.78 is 9.75. The van der Waals surface area contributed by atoms with Crippen LogP contribution in [0.2, 0.25) is 0 Å². The van der Waals surface area contributed by atoms with Gasteiger partial charge in [-0.3, -0.25) is 4.79 Å². The van der Waals surface area contributed by atoms with E-state index in [1.807, 2.05) is 0 Å². The number of rotatable bonds is 9. The molecule has 15 heavy (non-hydrogen) atoms. The van der Waals surface area contributed by atoms with Gasteiger partial charge in [0.1, 0.15) is 6.04 Å². The van der Waals surface area contributed by atoms with Crippen LogP contribution in [0.4, 0.5) is 0 Å². The molecule has 0 aromatic heterocycles. The lowest BCUT2D eigenvalue weighted by molar-refractivity contribution is -0.146. The van der Waals surface area contributed by atoms with Crippen molar-refractivity contribution in [1.82, 2.24) is 0 Å². The molecule has 1 unspecified atom stereocenters. The van der Waals surface area contributed by atoms with Crippen LogP contribution in [-0.4, -0.2) is 32.3 Å². The lowest BCUT2D eigenvalue weighted by Gasteiger charge is -2.10. The highest BCUT2D eigenvalue weighted by atomic mass is 16.5. The van der Waals surface area contributed by atoms with Crippen LogP contribution in [0.5, 0.6) is 0 Å². The average molecular weight is 217 g/mol. The van der Waals surface area contributed by atoms with E-state index < -0.39 is 6.04 Å². The lowest BCUT2D eigenvalue weighted by Crippen LogP contribution is -2.36. The maximum Gasteiger partial charge on any atom is 0.325 e. The molecule has 0 fully saturated rings. The van der Waals surface area contributed by atoms with E-state index >= 15 is 0 Å². The van der Waals surface area contributed by atoms with E-state index in [1.54, 1.807) is 0 Å².